The van der Waals surface area contributed by atoms with E-state index in [0.29, 0.717) is 29.1 Å². The van der Waals surface area contributed by atoms with Gasteiger partial charge < -0.3 is 19.5 Å². The van der Waals surface area contributed by atoms with Crippen molar-refractivity contribution in [2.45, 2.75) is 69.0 Å². The number of nitrogens with zero attached hydrogens (tertiary/aromatic N) is 4. The molecule has 6 rings (SSSR count). The van der Waals surface area contributed by atoms with Crippen LogP contribution in [0.1, 0.15) is 51.4 Å². The van der Waals surface area contributed by atoms with Gasteiger partial charge in [-0.05, 0) is 61.1 Å². The normalized spacial score (nSPS) is 19.3. The minimum Gasteiger partial charge on any atom is -0.507 e. The van der Waals surface area contributed by atoms with Gasteiger partial charge in [0, 0.05) is 17.6 Å². The lowest BCUT2D eigenvalue weighted by Gasteiger charge is -2.31. The molecule has 2 fully saturated rings. The van der Waals surface area contributed by atoms with Crippen LogP contribution in [-0.4, -0.2) is 53.6 Å². The molecule has 0 radical (unpaired) electrons. The molecule has 3 aliphatic rings. The Morgan fingerprint density at radius 3 is 2.20 bits per heavy atom. The quantitative estimate of drug-likeness (QED) is 0.455. The van der Waals surface area contributed by atoms with E-state index in [-0.39, 0.29) is 5.75 Å². The van der Waals surface area contributed by atoms with Crippen molar-refractivity contribution in [2.24, 2.45) is 0 Å². The van der Waals surface area contributed by atoms with Crippen molar-refractivity contribution >= 4 is 21.6 Å². The Morgan fingerprint density at radius 2 is 1.51 bits per heavy atom. The molecule has 0 atom stereocenters. The molecule has 0 unspecified atom stereocenters. The molecule has 2 heterocycles. The number of ether oxygens (including phenoxy) is 2. The molecule has 1 N–H and O–H groups in total. The molecule has 9 heteroatoms. The summed E-state index contributed by atoms with van der Waals surface area (Å²) < 4.78 is 11.6. The number of aromatic nitrogens is 3. The predicted molar refractivity (Wildman–Crippen MR) is 140 cm³/mol. The highest BCUT2D eigenvalue weighted by Crippen LogP contribution is 2.41. The van der Waals surface area contributed by atoms with Gasteiger partial charge in [-0.3, -0.25) is 0 Å². The minimum atomic E-state index is -0.671. The fourth-order valence-electron chi connectivity index (χ4n) is 5.35. The summed E-state index contributed by atoms with van der Waals surface area (Å²) in [5.74, 6) is 2.30. The summed E-state index contributed by atoms with van der Waals surface area (Å²) >= 11 is 0. The highest BCUT2D eigenvalue weighted by Gasteiger charge is 2.36. The molecule has 0 amide bonds. The first kappa shape index (κ1) is 22.3. The van der Waals surface area contributed by atoms with Crippen molar-refractivity contribution in [3.63, 3.8) is 0 Å². The first-order valence-electron chi connectivity index (χ1n) is 12.8. The maximum Gasteiger partial charge on any atom is 0.245 e. The number of phenols is 1. The van der Waals surface area contributed by atoms with E-state index in [1.54, 1.807) is 12.3 Å². The van der Waals surface area contributed by atoms with Crippen molar-refractivity contribution in [3.05, 3.63) is 42.6 Å². The van der Waals surface area contributed by atoms with Gasteiger partial charge in [-0.15, -0.1) is 10.2 Å². The smallest absolute Gasteiger partial charge is 0.245 e. The second-order valence-electron chi connectivity index (χ2n) is 10.4. The Morgan fingerprint density at radius 1 is 0.829 bits per heavy atom. The van der Waals surface area contributed by atoms with E-state index in [4.69, 9.17) is 14.5 Å². The maximum atomic E-state index is 10.8. The van der Waals surface area contributed by atoms with Gasteiger partial charge in [0.2, 0.25) is 5.95 Å². The zero-order valence-corrected chi connectivity index (χ0v) is 20.4. The van der Waals surface area contributed by atoms with E-state index < -0.39 is 5.59 Å². The van der Waals surface area contributed by atoms with Crippen molar-refractivity contribution in [1.29, 1.82) is 0 Å². The largest absolute Gasteiger partial charge is 0.507 e. The third-order valence-electron chi connectivity index (χ3n) is 7.20. The molecule has 3 aromatic rings. The molecular formula is C26H30B2N4O3. The van der Waals surface area contributed by atoms with Gasteiger partial charge in [0.25, 0.3) is 0 Å². The monoisotopic (exact) mass is 468 g/mol. The lowest BCUT2D eigenvalue weighted by atomic mass is 9.76. The van der Waals surface area contributed by atoms with E-state index in [9.17, 15) is 5.11 Å². The number of phenolic OH excluding ortho intramolecular Hbond substituents is 1. The van der Waals surface area contributed by atoms with Gasteiger partial charge in [0.15, 0.2) is 32.8 Å². The minimum absolute atomic E-state index is 0.146. The summed E-state index contributed by atoms with van der Waals surface area (Å²) in [4.78, 5) is 7.13. The molecular weight excluding hydrogens is 438 g/mol. The van der Waals surface area contributed by atoms with Crippen LogP contribution in [0, 0.1) is 0 Å². The molecule has 2 saturated carbocycles. The van der Waals surface area contributed by atoms with Gasteiger partial charge in [-0.2, -0.15) is 0 Å². The summed E-state index contributed by atoms with van der Waals surface area (Å²) in [5.41, 5.74) is 2.34. The Labute approximate surface area is 207 Å². The molecule has 2 aliphatic carbocycles. The standard InChI is InChI=1S/C26H30B2N4O3/c27-26(28)34-23-12-8-17(14-24(23)35-26)16-7-11-20(22(33)13-16)21-15-29-25(31-30-21)32(19-9-10-19)18-5-3-1-2-4-6-18/h7-8,11-15,18-19,33H,1-6,9-10,27-28H2. The SMILES string of the molecule is BC1(B)Oc2ccc(-c3ccc(-c4cnc(N(C5CCCCCC5)C5CC5)nn4)c(O)c3)cc2O1. The fraction of sp³-hybridized carbons (Fsp3) is 0.423. The number of aromatic hydroxyl groups is 1. The summed E-state index contributed by atoms with van der Waals surface area (Å²) in [6, 6.07) is 12.4. The van der Waals surface area contributed by atoms with Crippen LogP contribution in [0.25, 0.3) is 22.4 Å². The molecule has 0 spiro atoms. The zero-order chi connectivity index (χ0) is 24.0. The van der Waals surface area contributed by atoms with Crippen LogP contribution in [-0.2, 0) is 0 Å². The molecule has 0 saturated heterocycles. The number of rotatable bonds is 5. The Hall–Kier alpha value is -3.22. The number of hydrogen-bond donors (Lipinski definition) is 1. The van der Waals surface area contributed by atoms with Gasteiger partial charge in [-0.1, -0.05) is 37.8 Å². The summed E-state index contributed by atoms with van der Waals surface area (Å²) in [6.07, 6.45) is 11.8. The second-order valence-corrected chi connectivity index (χ2v) is 10.4. The average Bonchev–Trinajstić information content (AvgIpc) is 3.65. The molecule has 1 aliphatic heterocycles. The van der Waals surface area contributed by atoms with Crippen LogP contribution in [0.3, 0.4) is 0 Å². The summed E-state index contributed by atoms with van der Waals surface area (Å²) in [7, 11) is 3.77. The van der Waals surface area contributed by atoms with E-state index in [2.05, 4.69) is 15.1 Å². The molecule has 1 aromatic heterocycles. The zero-order valence-electron chi connectivity index (χ0n) is 20.4. The van der Waals surface area contributed by atoms with Crippen LogP contribution in [0.4, 0.5) is 5.95 Å². The molecule has 0 bridgehead atoms. The predicted octanol–water partition coefficient (Wildman–Crippen LogP) is 3.25. The van der Waals surface area contributed by atoms with Crippen molar-refractivity contribution in [2.75, 3.05) is 4.90 Å². The number of benzene rings is 2. The lowest BCUT2D eigenvalue weighted by molar-refractivity contribution is 0.0833. The van der Waals surface area contributed by atoms with E-state index in [1.165, 1.54) is 51.4 Å². The van der Waals surface area contributed by atoms with Crippen LogP contribution < -0.4 is 14.4 Å². The highest BCUT2D eigenvalue weighted by atomic mass is 16.7. The number of fused-ring (bicyclic) bond motifs is 1. The fourth-order valence-corrected chi connectivity index (χ4v) is 5.35. The Bertz CT molecular complexity index is 1230. The van der Waals surface area contributed by atoms with Gasteiger partial charge in [0.1, 0.15) is 11.4 Å². The Kier molecular flexibility index (Phi) is 5.58. The molecule has 35 heavy (non-hydrogen) atoms. The molecule has 7 nitrogen and oxygen atoms in total. The van der Waals surface area contributed by atoms with Crippen molar-refractivity contribution in [1.82, 2.24) is 15.2 Å². The van der Waals surface area contributed by atoms with E-state index in [0.717, 1.165) is 22.8 Å². The van der Waals surface area contributed by atoms with E-state index >= 15 is 0 Å². The average molecular weight is 468 g/mol. The first-order chi connectivity index (χ1) is 17.0. The van der Waals surface area contributed by atoms with Crippen LogP contribution in [0.2, 0.25) is 0 Å². The third-order valence-corrected chi connectivity index (χ3v) is 7.20. The van der Waals surface area contributed by atoms with Crippen LogP contribution in [0.5, 0.6) is 17.2 Å². The van der Waals surface area contributed by atoms with Gasteiger partial charge in [-0.25, -0.2) is 4.98 Å². The summed E-state index contributed by atoms with van der Waals surface area (Å²) in [5, 5.41) is 19.8. The maximum absolute atomic E-state index is 10.8. The topological polar surface area (TPSA) is 80.6 Å². The molecule has 178 valence electrons. The highest BCUT2D eigenvalue weighted by molar-refractivity contribution is 6.38. The van der Waals surface area contributed by atoms with Crippen molar-refractivity contribution in [3.8, 4) is 39.6 Å². The third kappa shape index (κ3) is 4.56. The summed E-state index contributed by atoms with van der Waals surface area (Å²) in [6.45, 7) is 0. The van der Waals surface area contributed by atoms with Gasteiger partial charge >= 0.3 is 0 Å². The first-order valence-corrected chi connectivity index (χ1v) is 12.8. The van der Waals surface area contributed by atoms with Crippen LogP contribution >= 0.6 is 0 Å². The molecule has 2 aromatic carbocycles. The van der Waals surface area contributed by atoms with Gasteiger partial charge in [0.05, 0.1) is 6.20 Å². The van der Waals surface area contributed by atoms with Crippen molar-refractivity contribution < 1.29 is 14.6 Å². The lowest BCUT2D eigenvalue weighted by Crippen LogP contribution is -2.39. The second kappa shape index (κ2) is 8.77. The number of hydrogen-bond acceptors (Lipinski definition) is 7. The van der Waals surface area contributed by atoms with E-state index in [1.807, 2.05) is 46.0 Å². The number of anilines is 1. The Balaban J connectivity index is 1.23. The van der Waals surface area contributed by atoms with Crippen LogP contribution in [0.15, 0.2) is 42.6 Å².